The van der Waals surface area contributed by atoms with Gasteiger partial charge in [0.05, 0.1) is 18.3 Å². The first-order valence-corrected chi connectivity index (χ1v) is 6.37. The Balaban J connectivity index is 2.13. The molecule has 0 fully saturated rings. The Kier molecular flexibility index (Phi) is 3.94. The molecule has 0 aliphatic rings. The van der Waals surface area contributed by atoms with Crippen molar-refractivity contribution in [3.05, 3.63) is 36.2 Å². The number of hydrogen-bond donors (Lipinski definition) is 3. The lowest BCUT2D eigenvalue weighted by molar-refractivity contribution is 0.242. The second kappa shape index (κ2) is 5.65. The predicted molar refractivity (Wildman–Crippen MR) is 77.2 cm³/mol. The van der Waals surface area contributed by atoms with E-state index in [-0.39, 0.29) is 12.1 Å². The number of nitrogen functional groups attached to an aromatic ring is 1. The highest BCUT2D eigenvalue weighted by Gasteiger charge is 2.08. The van der Waals surface area contributed by atoms with E-state index in [4.69, 9.17) is 10.5 Å². The van der Waals surface area contributed by atoms with Gasteiger partial charge in [0.25, 0.3) is 0 Å². The van der Waals surface area contributed by atoms with Crippen molar-refractivity contribution in [3.8, 4) is 5.75 Å². The fourth-order valence-electron chi connectivity index (χ4n) is 1.88. The number of H-pyrrole nitrogens is 1. The van der Waals surface area contributed by atoms with Gasteiger partial charge < -0.3 is 15.8 Å². The molecule has 1 aromatic carbocycles. The predicted octanol–water partition coefficient (Wildman–Crippen LogP) is 2.95. The highest BCUT2D eigenvalue weighted by molar-refractivity contribution is 5.59. The fourth-order valence-corrected chi connectivity index (χ4v) is 1.88. The van der Waals surface area contributed by atoms with Crippen molar-refractivity contribution in [3.63, 3.8) is 0 Å². The van der Waals surface area contributed by atoms with E-state index in [0.717, 1.165) is 17.0 Å². The van der Waals surface area contributed by atoms with E-state index in [1.54, 1.807) is 6.20 Å². The van der Waals surface area contributed by atoms with Gasteiger partial charge in [0, 0.05) is 35.3 Å². The molecular weight excluding hydrogens is 240 g/mol. The average Bonchev–Trinajstić information content (AvgIpc) is 2.79. The van der Waals surface area contributed by atoms with Crippen molar-refractivity contribution in [2.24, 2.45) is 0 Å². The van der Waals surface area contributed by atoms with Gasteiger partial charge in [0.1, 0.15) is 5.75 Å². The second-order valence-corrected chi connectivity index (χ2v) is 4.85. The van der Waals surface area contributed by atoms with E-state index in [0.29, 0.717) is 5.69 Å². The molecule has 0 amide bonds. The largest absolute Gasteiger partial charge is 0.491 e. The third-order valence-electron chi connectivity index (χ3n) is 2.70. The van der Waals surface area contributed by atoms with Gasteiger partial charge in [-0.1, -0.05) is 0 Å². The molecule has 4 N–H and O–H groups in total. The molecule has 1 aromatic heterocycles. The molecule has 0 spiro atoms. The lowest BCUT2D eigenvalue weighted by Crippen LogP contribution is -2.08. The Hall–Kier alpha value is -2.17. The Morgan fingerprint density at radius 3 is 2.68 bits per heavy atom. The zero-order chi connectivity index (χ0) is 13.8. The Bertz CT molecular complexity index is 522. The van der Waals surface area contributed by atoms with Crippen molar-refractivity contribution < 1.29 is 4.74 Å². The highest BCUT2D eigenvalue weighted by Crippen LogP contribution is 2.26. The van der Waals surface area contributed by atoms with Crippen LogP contribution in [0.1, 0.15) is 32.4 Å². The number of aromatic nitrogens is 2. The summed E-state index contributed by atoms with van der Waals surface area (Å²) in [6.07, 6.45) is 3.80. The lowest BCUT2D eigenvalue weighted by Gasteiger charge is -2.16. The van der Waals surface area contributed by atoms with Gasteiger partial charge in [-0.3, -0.25) is 5.10 Å². The normalized spacial score (nSPS) is 12.4. The minimum absolute atomic E-state index is 0.126. The Labute approximate surface area is 113 Å². The SMILES string of the molecule is CC(C)Oc1cc(N)cc(NC(C)c2cn[nH]c2)c1. The maximum atomic E-state index is 5.89. The van der Waals surface area contributed by atoms with Crippen molar-refractivity contribution in [1.82, 2.24) is 10.2 Å². The molecular formula is C14H20N4O. The molecule has 0 saturated heterocycles. The maximum absolute atomic E-state index is 5.89. The van der Waals surface area contributed by atoms with Crippen LogP contribution in [0.4, 0.5) is 11.4 Å². The van der Waals surface area contributed by atoms with Gasteiger partial charge in [0.2, 0.25) is 0 Å². The first kappa shape index (κ1) is 13.3. The third-order valence-corrected chi connectivity index (χ3v) is 2.70. The molecule has 2 rings (SSSR count). The molecule has 0 bridgehead atoms. The second-order valence-electron chi connectivity index (χ2n) is 4.85. The van der Waals surface area contributed by atoms with E-state index in [1.165, 1.54) is 0 Å². The van der Waals surface area contributed by atoms with Crippen LogP contribution in [0.2, 0.25) is 0 Å². The number of ether oxygens (including phenoxy) is 1. The van der Waals surface area contributed by atoms with Gasteiger partial charge >= 0.3 is 0 Å². The molecule has 5 nitrogen and oxygen atoms in total. The first-order valence-electron chi connectivity index (χ1n) is 6.37. The topological polar surface area (TPSA) is 76.0 Å². The van der Waals surface area contributed by atoms with Gasteiger partial charge in [-0.2, -0.15) is 5.10 Å². The van der Waals surface area contributed by atoms with Crippen LogP contribution in [0.15, 0.2) is 30.6 Å². The molecule has 5 heteroatoms. The summed E-state index contributed by atoms with van der Waals surface area (Å²) in [5.41, 5.74) is 8.60. The number of benzene rings is 1. The Morgan fingerprint density at radius 1 is 1.26 bits per heavy atom. The summed E-state index contributed by atoms with van der Waals surface area (Å²) in [5.74, 6) is 0.775. The van der Waals surface area contributed by atoms with Crippen molar-refractivity contribution >= 4 is 11.4 Å². The van der Waals surface area contributed by atoms with Crippen LogP contribution in [0.25, 0.3) is 0 Å². The summed E-state index contributed by atoms with van der Waals surface area (Å²) in [4.78, 5) is 0. The summed E-state index contributed by atoms with van der Waals surface area (Å²) >= 11 is 0. The fraction of sp³-hybridized carbons (Fsp3) is 0.357. The highest BCUT2D eigenvalue weighted by atomic mass is 16.5. The molecule has 102 valence electrons. The van der Waals surface area contributed by atoms with Crippen LogP contribution in [0.5, 0.6) is 5.75 Å². The van der Waals surface area contributed by atoms with Crippen LogP contribution in [-0.2, 0) is 0 Å². The number of nitrogens with two attached hydrogens (primary N) is 1. The first-order chi connectivity index (χ1) is 9.04. The molecule has 2 aromatic rings. The zero-order valence-electron chi connectivity index (χ0n) is 11.5. The molecule has 0 aliphatic heterocycles. The quantitative estimate of drug-likeness (QED) is 0.722. The van der Waals surface area contributed by atoms with Crippen LogP contribution < -0.4 is 15.8 Å². The number of aromatic amines is 1. The lowest BCUT2D eigenvalue weighted by atomic mass is 10.1. The molecule has 1 unspecified atom stereocenters. The van der Waals surface area contributed by atoms with Gasteiger partial charge in [-0.05, 0) is 26.8 Å². The summed E-state index contributed by atoms with van der Waals surface area (Å²) in [5, 5.41) is 10.1. The van der Waals surface area contributed by atoms with Gasteiger partial charge in [-0.25, -0.2) is 0 Å². The minimum atomic E-state index is 0.126. The molecule has 19 heavy (non-hydrogen) atoms. The van der Waals surface area contributed by atoms with Crippen LogP contribution in [0, 0.1) is 0 Å². The summed E-state index contributed by atoms with van der Waals surface area (Å²) in [6, 6.07) is 5.82. The monoisotopic (exact) mass is 260 g/mol. The van der Waals surface area contributed by atoms with Crippen molar-refractivity contribution in [2.75, 3.05) is 11.1 Å². The van der Waals surface area contributed by atoms with Crippen LogP contribution in [0.3, 0.4) is 0 Å². The van der Waals surface area contributed by atoms with Crippen molar-refractivity contribution in [2.45, 2.75) is 32.9 Å². The smallest absolute Gasteiger partial charge is 0.123 e. The minimum Gasteiger partial charge on any atom is -0.491 e. The number of anilines is 2. The van der Waals surface area contributed by atoms with E-state index in [2.05, 4.69) is 22.4 Å². The molecule has 0 saturated carbocycles. The zero-order valence-corrected chi connectivity index (χ0v) is 11.5. The third kappa shape index (κ3) is 3.64. The standard InChI is InChI=1S/C14H20N4O/c1-9(2)19-14-5-12(15)4-13(6-14)18-10(3)11-7-16-17-8-11/h4-10,18H,15H2,1-3H3,(H,16,17). The summed E-state index contributed by atoms with van der Waals surface area (Å²) in [6.45, 7) is 6.05. The van der Waals surface area contributed by atoms with E-state index >= 15 is 0 Å². The number of nitrogens with zero attached hydrogens (tertiary/aromatic N) is 1. The van der Waals surface area contributed by atoms with E-state index in [1.807, 2.05) is 38.2 Å². The van der Waals surface area contributed by atoms with Crippen molar-refractivity contribution in [1.29, 1.82) is 0 Å². The molecule has 1 atom stereocenters. The Morgan fingerprint density at radius 2 is 2.05 bits per heavy atom. The van der Waals surface area contributed by atoms with Crippen LogP contribution in [-0.4, -0.2) is 16.3 Å². The molecule has 0 radical (unpaired) electrons. The molecule has 1 heterocycles. The van der Waals surface area contributed by atoms with Gasteiger partial charge in [-0.15, -0.1) is 0 Å². The number of hydrogen-bond acceptors (Lipinski definition) is 4. The summed E-state index contributed by atoms with van der Waals surface area (Å²) in [7, 11) is 0. The van der Waals surface area contributed by atoms with Crippen LogP contribution >= 0.6 is 0 Å². The average molecular weight is 260 g/mol. The maximum Gasteiger partial charge on any atom is 0.123 e. The number of nitrogens with one attached hydrogen (secondary N) is 2. The summed E-state index contributed by atoms with van der Waals surface area (Å²) < 4.78 is 5.67. The number of rotatable bonds is 5. The van der Waals surface area contributed by atoms with Gasteiger partial charge in [0.15, 0.2) is 0 Å². The molecule has 0 aliphatic carbocycles. The van der Waals surface area contributed by atoms with E-state index in [9.17, 15) is 0 Å². The van der Waals surface area contributed by atoms with E-state index < -0.39 is 0 Å².